The fraction of sp³-hybridized carbons (Fsp3) is 0.500. The molecule has 0 aromatic carbocycles. The van der Waals surface area contributed by atoms with Crippen molar-refractivity contribution < 1.29 is 14.7 Å². The molecule has 1 aromatic rings. The van der Waals surface area contributed by atoms with Gasteiger partial charge in [-0.15, -0.1) is 0 Å². The van der Waals surface area contributed by atoms with Crippen LogP contribution in [0.25, 0.3) is 0 Å². The Morgan fingerprint density at radius 3 is 2.79 bits per heavy atom. The van der Waals surface area contributed by atoms with E-state index in [9.17, 15) is 9.59 Å². The van der Waals surface area contributed by atoms with E-state index < -0.39 is 5.97 Å². The Morgan fingerprint density at radius 1 is 1.42 bits per heavy atom. The Hall–Kier alpha value is -1.91. The van der Waals surface area contributed by atoms with Gasteiger partial charge < -0.3 is 10.4 Å². The number of pyridine rings is 1. The van der Waals surface area contributed by atoms with E-state index in [0.29, 0.717) is 24.4 Å². The van der Waals surface area contributed by atoms with Crippen LogP contribution in [0.5, 0.6) is 0 Å². The molecule has 19 heavy (non-hydrogen) atoms. The molecule has 0 saturated carbocycles. The lowest BCUT2D eigenvalue weighted by Gasteiger charge is -2.13. The van der Waals surface area contributed by atoms with Gasteiger partial charge in [-0.1, -0.05) is 13.3 Å². The van der Waals surface area contributed by atoms with Crippen LogP contribution in [0.4, 0.5) is 0 Å². The van der Waals surface area contributed by atoms with Crippen molar-refractivity contribution in [3.8, 4) is 0 Å². The third kappa shape index (κ3) is 5.99. The second kappa shape index (κ2) is 8.24. The number of carboxylic acid groups (broad SMARTS) is 1. The maximum atomic E-state index is 11.7. The van der Waals surface area contributed by atoms with Gasteiger partial charge in [-0.3, -0.25) is 14.6 Å². The summed E-state index contributed by atoms with van der Waals surface area (Å²) < 4.78 is 0. The Kier molecular flexibility index (Phi) is 6.57. The average Bonchev–Trinajstić information content (AvgIpc) is 2.43. The molecular formula is C14H20N2O3. The highest BCUT2D eigenvalue weighted by Crippen LogP contribution is 2.14. The number of aromatic nitrogens is 1. The van der Waals surface area contributed by atoms with Crippen LogP contribution in [0.3, 0.4) is 0 Å². The molecule has 1 aromatic heterocycles. The molecule has 1 amide bonds. The fourth-order valence-electron chi connectivity index (χ4n) is 1.87. The number of rotatable bonds is 8. The molecule has 0 spiro atoms. The molecule has 0 aliphatic carbocycles. The van der Waals surface area contributed by atoms with Gasteiger partial charge in [0, 0.05) is 25.4 Å². The second-order valence-corrected chi connectivity index (χ2v) is 4.49. The van der Waals surface area contributed by atoms with Crippen molar-refractivity contribution in [1.29, 1.82) is 0 Å². The van der Waals surface area contributed by atoms with Crippen LogP contribution in [0, 0.1) is 5.92 Å². The first kappa shape index (κ1) is 15.1. The van der Waals surface area contributed by atoms with Gasteiger partial charge in [0.1, 0.15) is 0 Å². The summed E-state index contributed by atoms with van der Waals surface area (Å²) in [5, 5.41) is 11.5. The summed E-state index contributed by atoms with van der Waals surface area (Å²) in [6, 6.07) is 3.43. The number of carbonyl (C=O) groups is 2. The summed E-state index contributed by atoms with van der Waals surface area (Å²) in [5.74, 6) is -0.565. The third-order valence-corrected chi connectivity index (χ3v) is 3.11. The maximum absolute atomic E-state index is 11.7. The Morgan fingerprint density at radius 2 is 2.21 bits per heavy atom. The first-order valence-electron chi connectivity index (χ1n) is 6.53. The van der Waals surface area contributed by atoms with E-state index in [-0.39, 0.29) is 12.3 Å². The molecule has 2 N–H and O–H groups in total. The van der Waals surface area contributed by atoms with E-state index in [2.05, 4.69) is 10.3 Å². The minimum atomic E-state index is -0.766. The summed E-state index contributed by atoms with van der Waals surface area (Å²) in [4.78, 5) is 26.1. The van der Waals surface area contributed by atoms with Gasteiger partial charge in [-0.05, 0) is 30.9 Å². The second-order valence-electron chi connectivity index (χ2n) is 4.49. The van der Waals surface area contributed by atoms with Crippen molar-refractivity contribution in [3.63, 3.8) is 0 Å². The van der Waals surface area contributed by atoms with Gasteiger partial charge in [0.15, 0.2) is 0 Å². The van der Waals surface area contributed by atoms with Gasteiger partial charge in [0.05, 0.1) is 5.56 Å². The maximum Gasteiger partial charge on any atom is 0.303 e. The lowest BCUT2D eigenvalue weighted by atomic mass is 9.96. The van der Waals surface area contributed by atoms with E-state index in [1.54, 1.807) is 18.3 Å². The summed E-state index contributed by atoms with van der Waals surface area (Å²) in [6.07, 6.45) is 5.72. The van der Waals surface area contributed by atoms with Gasteiger partial charge in [-0.25, -0.2) is 0 Å². The Labute approximate surface area is 113 Å². The zero-order valence-corrected chi connectivity index (χ0v) is 11.1. The lowest BCUT2D eigenvalue weighted by Crippen LogP contribution is -2.26. The van der Waals surface area contributed by atoms with Crippen molar-refractivity contribution >= 4 is 11.9 Å². The van der Waals surface area contributed by atoms with Crippen molar-refractivity contribution in [2.75, 3.05) is 6.54 Å². The number of nitrogens with zero attached hydrogens (tertiary/aromatic N) is 1. The molecule has 0 saturated heterocycles. The Balaban J connectivity index is 2.28. The topological polar surface area (TPSA) is 79.3 Å². The molecule has 5 nitrogen and oxygen atoms in total. The van der Waals surface area contributed by atoms with E-state index in [1.165, 1.54) is 6.20 Å². The van der Waals surface area contributed by atoms with E-state index in [1.807, 2.05) is 6.92 Å². The minimum Gasteiger partial charge on any atom is -0.481 e. The normalized spacial score (nSPS) is 11.8. The van der Waals surface area contributed by atoms with E-state index in [0.717, 1.165) is 12.8 Å². The van der Waals surface area contributed by atoms with Crippen molar-refractivity contribution in [2.24, 2.45) is 5.92 Å². The van der Waals surface area contributed by atoms with Gasteiger partial charge in [0.2, 0.25) is 0 Å². The number of carbonyl (C=O) groups excluding carboxylic acids is 1. The van der Waals surface area contributed by atoms with E-state index in [4.69, 9.17) is 5.11 Å². The highest BCUT2D eigenvalue weighted by molar-refractivity contribution is 5.93. The van der Waals surface area contributed by atoms with Crippen LogP contribution in [0.15, 0.2) is 24.5 Å². The van der Waals surface area contributed by atoms with Gasteiger partial charge in [-0.2, -0.15) is 0 Å². The molecule has 5 heteroatoms. The first-order chi connectivity index (χ1) is 9.13. The van der Waals surface area contributed by atoms with Crippen LogP contribution in [-0.2, 0) is 4.79 Å². The highest BCUT2D eigenvalue weighted by Gasteiger charge is 2.10. The van der Waals surface area contributed by atoms with Crippen molar-refractivity contribution in [1.82, 2.24) is 10.3 Å². The molecule has 0 fully saturated rings. The SMILES string of the molecule is CCC(CCNC(=O)c1cccnc1)CCC(=O)O. The van der Waals surface area contributed by atoms with Crippen LogP contribution in [0.1, 0.15) is 43.0 Å². The standard InChI is InChI=1S/C14H20N2O3/c1-2-11(5-6-13(17)18)7-9-16-14(19)12-4-3-8-15-10-12/h3-4,8,10-11H,2,5-7,9H2,1H3,(H,16,19)(H,17,18). The fourth-order valence-corrected chi connectivity index (χ4v) is 1.87. The molecule has 1 atom stereocenters. The van der Waals surface area contributed by atoms with Crippen LogP contribution >= 0.6 is 0 Å². The average molecular weight is 264 g/mol. The van der Waals surface area contributed by atoms with Crippen LogP contribution < -0.4 is 5.32 Å². The molecule has 1 heterocycles. The molecular weight excluding hydrogens is 244 g/mol. The molecule has 1 unspecified atom stereocenters. The number of amides is 1. The predicted molar refractivity (Wildman–Crippen MR) is 71.8 cm³/mol. The van der Waals surface area contributed by atoms with Crippen molar-refractivity contribution in [3.05, 3.63) is 30.1 Å². The molecule has 0 radical (unpaired) electrons. The van der Waals surface area contributed by atoms with Crippen LogP contribution in [-0.4, -0.2) is 28.5 Å². The minimum absolute atomic E-state index is 0.138. The highest BCUT2D eigenvalue weighted by atomic mass is 16.4. The van der Waals surface area contributed by atoms with E-state index >= 15 is 0 Å². The summed E-state index contributed by atoms with van der Waals surface area (Å²) in [6.45, 7) is 2.60. The van der Waals surface area contributed by atoms with Gasteiger partial charge in [0.25, 0.3) is 5.91 Å². The molecule has 1 rings (SSSR count). The predicted octanol–water partition coefficient (Wildman–Crippen LogP) is 2.09. The van der Waals surface area contributed by atoms with Crippen LogP contribution in [0.2, 0.25) is 0 Å². The Bertz CT molecular complexity index is 406. The number of carboxylic acids is 1. The summed E-state index contributed by atoms with van der Waals surface area (Å²) >= 11 is 0. The largest absolute Gasteiger partial charge is 0.481 e. The molecule has 0 aliphatic rings. The quantitative estimate of drug-likeness (QED) is 0.753. The number of aliphatic carboxylic acids is 1. The molecule has 104 valence electrons. The third-order valence-electron chi connectivity index (χ3n) is 3.11. The number of hydrogen-bond donors (Lipinski definition) is 2. The zero-order chi connectivity index (χ0) is 14.1. The smallest absolute Gasteiger partial charge is 0.303 e. The first-order valence-corrected chi connectivity index (χ1v) is 6.53. The molecule has 0 bridgehead atoms. The lowest BCUT2D eigenvalue weighted by molar-refractivity contribution is -0.137. The molecule has 0 aliphatic heterocycles. The monoisotopic (exact) mass is 264 g/mol. The van der Waals surface area contributed by atoms with Crippen molar-refractivity contribution in [2.45, 2.75) is 32.6 Å². The number of nitrogens with one attached hydrogen (secondary N) is 1. The zero-order valence-electron chi connectivity index (χ0n) is 11.1. The number of hydrogen-bond acceptors (Lipinski definition) is 3. The summed E-state index contributed by atoms with van der Waals surface area (Å²) in [7, 11) is 0. The summed E-state index contributed by atoms with van der Waals surface area (Å²) in [5.41, 5.74) is 0.543. The van der Waals surface area contributed by atoms with Gasteiger partial charge >= 0.3 is 5.97 Å².